The highest BCUT2D eigenvalue weighted by Gasteiger charge is 2.27. The van der Waals surface area contributed by atoms with Crippen molar-refractivity contribution >= 4 is 21.6 Å². The summed E-state index contributed by atoms with van der Waals surface area (Å²) in [7, 11) is -3.93. The minimum atomic E-state index is -3.93. The van der Waals surface area contributed by atoms with Gasteiger partial charge in [0.05, 0.1) is 17.1 Å². The van der Waals surface area contributed by atoms with Crippen LogP contribution in [0.25, 0.3) is 0 Å². The molecule has 33 heavy (non-hydrogen) atoms. The van der Waals surface area contributed by atoms with Gasteiger partial charge in [0.15, 0.2) is 0 Å². The van der Waals surface area contributed by atoms with Crippen LogP contribution in [0.5, 0.6) is 5.75 Å². The number of hydrogen-bond donors (Lipinski definition) is 1. The standard InChI is InChI=1S/C26H30N2O4S/c1-19-15-20(2)17-23(16-19)28(33(30,31)24-10-6-5-7-11-24)18-26(29)27-13-14-32-25-12-8-9-21(3)22(25)4/h5-12,15-17H,13-14,18H2,1-4H3,(H,27,29). The van der Waals surface area contributed by atoms with E-state index in [1.165, 1.54) is 12.1 Å². The fourth-order valence-corrected chi connectivity index (χ4v) is 4.97. The third kappa shape index (κ3) is 6.14. The highest BCUT2D eigenvalue weighted by Crippen LogP contribution is 2.26. The number of carbonyl (C=O) groups excluding carboxylic acids is 1. The van der Waals surface area contributed by atoms with Crippen molar-refractivity contribution in [3.8, 4) is 5.75 Å². The van der Waals surface area contributed by atoms with Gasteiger partial charge < -0.3 is 10.1 Å². The molecule has 0 fully saturated rings. The number of benzene rings is 3. The summed E-state index contributed by atoms with van der Waals surface area (Å²) < 4.78 is 33.7. The molecular formula is C26H30N2O4S. The third-order valence-electron chi connectivity index (χ3n) is 5.35. The molecule has 0 aromatic heterocycles. The maximum atomic E-state index is 13.4. The van der Waals surface area contributed by atoms with Gasteiger partial charge in [-0.2, -0.15) is 0 Å². The van der Waals surface area contributed by atoms with E-state index < -0.39 is 15.9 Å². The van der Waals surface area contributed by atoms with E-state index in [1.54, 1.807) is 30.3 Å². The monoisotopic (exact) mass is 466 g/mol. The van der Waals surface area contributed by atoms with Crippen LogP contribution in [0.1, 0.15) is 22.3 Å². The summed E-state index contributed by atoms with van der Waals surface area (Å²) in [4.78, 5) is 12.9. The number of amides is 1. The Balaban J connectivity index is 1.73. The Morgan fingerprint density at radius 2 is 1.58 bits per heavy atom. The van der Waals surface area contributed by atoms with Crippen molar-refractivity contribution in [3.05, 3.63) is 89.0 Å². The number of sulfonamides is 1. The summed E-state index contributed by atoms with van der Waals surface area (Å²) in [5, 5.41) is 2.77. The molecule has 0 bridgehead atoms. The Hall–Kier alpha value is -3.32. The predicted molar refractivity (Wildman–Crippen MR) is 131 cm³/mol. The normalized spacial score (nSPS) is 11.2. The van der Waals surface area contributed by atoms with Crippen molar-refractivity contribution in [2.24, 2.45) is 0 Å². The molecular weight excluding hydrogens is 436 g/mol. The van der Waals surface area contributed by atoms with Crippen LogP contribution in [-0.4, -0.2) is 34.0 Å². The first-order valence-corrected chi connectivity index (χ1v) is 12.2. The lowest BCUT2D eigenvalue weighted by molar-refractivity contribution is -0.119. The molecule has 0 heterocycles. The number of hydrogen-bond acceptors (Lipinski definition) is 4. The number of anilines is 1. The van der Waals surface area contributed by atoms with Gasteiger partial charge in [0.1, 0.15) is 18.9 Å². The molecule has 3 rings (SSSR count). The summed E-state index contributed by atoms with van der Waals surface area (Å²) in [6.45, 7) is 8.01. The molecule has 0 saturated heterocycles. The number of nitrogens with zero attached hydrogens (tertiary/aromatic N) is 1. The molecule has 0 unspecified atom stereocenters. The summed E-state index contributed by atoms with van der Waals surface area (Å²) in [6, 6.07) is 19.5. The van der Waals surface area contributed by atoms with Crippen molar-refractivity contribution in [1.29, 1.82) is 0 Å². The molecule has 174 valence electrons. The fraction of sp³-hybridized carbons (Fsp3) is 0.269. The number of ether oxygens (including phenoxy) is 1. The third-order valence-corrected chi connectivity index (χ3v) is 7.14. The second-order valence-corrected chi connectivity index (χ2v) is 9.93. The molecule has 7 heteroatoms. The van der Waals surface area contributed by atoms with Crippen LogP contribution in [0.2, 0.25) is 0 Å². The van der Waals surface area contributed by atoms with Crippen LogP contribution in [0.3, 0.4) is 0 Å². The minimum absolute atomic E-state index is 0.134. The number of nitrogens with one attached hydrogen (secondary N) is 1. The molecule has 0 aliphatic heterocycles. The zero-order chi connectivity index (χ0) is 24.0. The van der Waals surface area contributed by atoms with E-state index in [9.17, 15) is 13.2 Å². The Morgan fingerprint density at radius 3 is 2.24 bits per heavy atom. The molecule has 6 nitrogen and oxygen atoms in total. The lowest BCUT2D eigenvalue weighted by atomic mass is 10.1. The molecule has 0 radical (unpaired) electrons. The van der Waals surface area contributed by atoms with Gasteiger partial charge in [0.2, 0.25) is 5.91 Å². The first-order chi connectivity index (χ1) is 15.7. The number of rotatable bonds is 9. The largest absolute Gasteiger partial charge is 0.491 e. The fourth-order valence-electron chi connectivity index (χ4n) is 3.55. The Labute approximate surface area is 196 Å². The van der Waals surface area contributed by atoms with Crippen LogP contribution in [0, 0.1) is 27.7 Å². The van der Waals surface area contributed by atoms with Gasteiger partial charge in [0, 0.05) is 0 Å². The molecule has 0 spiro atoms. The summed E-state index contributed by atoms with van der Waals surface area (Å²) in [5.74, 6) is 0.367. The van der Waals surface area contributed by atoms with Crippen LogP contribution < -0.4 is 14.4 Å². The van der Waals surface area contributed by atoms with E-state index >= 15 is 0 Å². The molecule has 0 atom stereocenters. The first-order valence-electron chi connectivity index (χ1n) is 10.8. The second kappa shape index (κ2) is 10.5. The van der Waals surface area contributed by atoms with Gasteiger partial charge in [0.25, 0.3) is 10.0 Å². The Morgan fingerprint density at radius 1 is 0.909 bits per heavy atom. The maximum absolute atomic E-state index is 13.4. The molecule has 3 aromatic carbocycles. The lowest BCUT2D eigenvalue weighted by Gasteiger charge is -2.25. The molecule has 0 aliphatic rings. The van der Waals surface area contributed by atoms with E-state index in [2.05, 4.69) is 5.32 Å². The SMILES string of the molecule is Cc1cc(C)cc(N(CC(=O)NCCOc2cccc(C)c2C)S(=O)(=O)c2ccccc2)c1. The molecule has 1 N–H and O–H groups in total. The van der Waals surface area contributed by atoms with Gasteiger partial charge >= 0.3 is 0 Å². The van der Waals surface area contributed by atoms with Crippen LogP contribution in [0.4, 0.5) is 5.69 Å². The summed E-state index contributed by atoms with van der Waals surface area (Å²) >= 11 is 0. The summed E-state index contributed by atoms with van der Waals surface area (Å²) in [6.07, 6.45) is 0. The zero-order valence-electron chi connectivity index (χ0n) is 19.5. The van der Waals surface area contributed by atoms with Gasteiger partial charge in [-0.25, -0.2) is 8.42 Å². The van der Waals surface area contributed by atoms with Crippen molar-refractivity contribution in [3.63, 3.8) is 0 Å². The van der Waals surface area contributed by atoms with E-state index in [4.69, 9.17) is 4.74 Å². The van der Waals surface area contributed by atoms with Crippen LogP contribution in [-0.2, 0) is 14.8 Å². The van der Waals surface area contributed by atoms with Crippen molar-refractivity contribution < 1.29 is 17.9 Å². The highest BCUT2D eigenvalue weighted by molar-refractivity contribution is 7.92. The van der Waals surface area contributed by atoms with Crippen molar-refractivity contribution in [1.82, 2.24) is 5.32 Å². The van der Waals surface area contributed by atoms with Crippen LogP contribution >= 0.6 is 0 Å². The Bertz CT molecular complexity index is 1200. The smallest absolute Gasteiger partial charge is 0.264 e. The van der Waals surface area contributed by atoms with Gasteiger partial charge in [-0.3, -0.25) is 9.10 Å². The van der Waals surface area contributed by atoms with Gasteiger partial charge in [-0.05, 0) is 80.3 Å². The first kappa shape index (κ1) is 24.3. The Kier molecular flexibility index (Phi) is 7.76. The van der Waals surface area contributed by atoms with Gasteiger partial charge in [-0.15, -0.1) is 0 Å². The number of aryl methyl sites for hydroxylation is 3. The average molecular weight is 467 g/mol. The second-order valence-electron chi connectivity index (χ2n) is 8.07. The van der Waals surface area contributed by atoms with Crippen molar-refractivity contribution in [2.45, 2.75) is 32.6 Å². The van der Waals surface area contributed by atoms with E-state index in [-0.39, 0.29) is 24.6 Å². The van der Waals surface area contributed by atoms with E-state index in [0.29, 0.717) is 5.69 Å². The zero-order valence-corrected chi connectivity index (χ0v) is 20.3. The summed E-state index contributed by atoms with van der Waals surface area (Å²) in [5.41, 5.74) is 4.48. The number of carbonyl (C=O) groups is 1. The quantitative estimate of drug-likeness (QED) is 0.477. The lowest BCUT2D eigenvalue weighted by Crippen LogP contribution is -2.42. The maximum Gasteiger partial charge on any atom is 0.264 e. The minimum Gasteiger partial charge on any atom is -0.491 e. The molecule has 3 aromatic rings. The molecule has 1 amide bonds. The highest BCUT2D eigenvalue weighted by atomic mass is 32.2. The molecule has 0 aliphatic carbocycles. The average Bonchev–Trinajstić information content (AvgIpc) is 2.77. The van der Waals surface area contributed by atoms with Gasteiger partial charge in [-0.1, -0.05) is 36.4 Å². The van der Waals surface area contributed by atoms with E-state index in [1.807, 2.05) is 52.0 Å². The molecule has 0 saturated carbocycles. The van der Waals surface area contributed by atoms with Crippen LogP contribution in [0.15, 0.2) is 71.6 Å². The van der Waals surface area contributed by atoms with Crippen molar-refractivity contribution in [2.75, 3.05) is 24.0 Å². The van der Waals surface area contributed by atoms with E-state index in [0.717, 1.165) is 32.3 Å². The topological polar surface area (TPSA) is 75.7 Å². The predicted octanol–water partition coefficient (Wildman–Crippen LogP) is 4.31.